The van der Waals surface area contributed by atoms with E-state index in [9.17, 15) is 28.8 Å². The van der Waals surface area contributed by atoms with Crippen molar-refractivity contribution in [1.29, 1.82) is 0 Å². The van der Waals surface area contributed by atoms with E-state index in [-0.39, 0.29) is 50.5 Å². The van der Waals surface area contributed by atoms with Crippen LogP contribution < -0.4 is 37.6 Å². The number of H-pyrrole nitrogens is 1. The second kappa shape index (κ2) is 20.2. The summed E-state index contributed by atoms with van der Waals surface area (Å²) in [6, 6.07) is 5.53. The highest BCUT2D eigenvalue weighted by atomic mass is 16.2. The lowest BCUT2D eigenvalue weighted by Gasteiger charge is -2.25. The van der Waals surface area contributed by atoms with Crippen LogP contribution in [0.2, 0.25) is 0 Å². The molecule has 0 saturated heterocycles. The number of imidazole rings is 1. The molecule has 4 atom stereocenters. The zero-order chi connectivity index (χ0) is 34.8. The van der Waals surface area contributed by atoms with Crippen molar-refractivity contribution < 1.29 is 28.8 Å². The van der Waals surface area contributed by atoms with Gasteiger partial charge in [0.25, 0.3) is 0 Å². The molecule has 0 radical (unpaired) electrons. The van der Waals surface area contributed by atoms with Crippen LogP contribution in [0.15, 0.2) is 55.1 Å². The van der Waals surface area contributed by atoms with E-state index in [0.717, 1.165) is 5.56 Å². The van der Waals surface area contributed by atoms with Crippen LogP contribution in [0.3, 0.4) is 0 Å². The number of likely N-dealkylation sites (N-methyl/N-ethyl adjacent to an activating group) is 1. The number of aromatic nitrogens is 2. The average molecular weight is 654 g/mol. The van der Waals surface area contributed by atoms with Gasteiger partial charge in [-0.25, -0.2) is 4.98 Å². The van der Waals surface area contributed by atoms with Crippen molar-refractivity contribution in [2.45, 2.75) is 76.5 Å². The number of carbonyl (C=O) groups is 6. The second-order valence-electron chi connectivity index (χ2n) is 11.2. The van der Waals surface area contributed by atoms with Crippen LogP contribution in [0.5, 0.6) is 0 Å². The van der Waals surface area contributed by atoms with Gasteiger partial charge in [0.1, 0.15) is 12.1 Å². The molecule has 256 valence electrons. The number of primary amides is 1. The molecule has 5 amide bonds. The number of nitrogens with zero attached hydrogens (tertiary/aromatic N) is 1. The Kier molecular flexibility index (Phi) is 16.3. The molecule has 0 saturated carbocycles. The van der Waals surface area contributed by atoms with Crippen molar-refractivity contribution >= 4 is 35.3 Å². The molecule has 1 aromatic heterocycles. The van der Waals surface area contributed by atoms with Gasteiger partial charge in [-0.3, -0.25) is 28.8 Å². The van der Waals surface area contributed by atoms with Crippen LogP contribution in [0.4, 0.5) is 0 Å². The Labute approximate surface area is 274 Å². The largest absolute Gasteiger partial charge is 0.380 e. The normalized spacial score (nSPS) is 13.3. The number of hydrogen-bond donors (Lipinski definition) is 8. The molecule has 1 heterocycles. The summed E-state index contributed by atoms with van der Waals surface area (Å²) in [5.41, 5.74) is 7.26. The maximum atomic E-state index is 13.6. The molecule has 1 aromatic carbocycles. The van der Waals surface area contributed by atoms with Gasteiger partial charge in [0.05, 0.1) is 25.0 Å². The highest BCUT2D eigenvalue weighted by Crippen LogP contribution is 2.07. The van der Waals surface area contributed by atoms with Gasteiger partial charge in [-0.1, -0.05) is 36.9 Å². The number of ketones is 1. The van der Waals surface area contributed by atoms with Gasteiger partial charge in [-0.05, 0) is 52.1 Å². The second-order valence-corrected chi connectivity index (χ2v) is 11.2. The number of carbonyl (C=O) groups excluding carboxylic acids is 6. The Balaban J connectivity index is 2.14. The van der Waals surface area contributed by atoms with E-state index in [1.165, 1.54) is 19.4 Å². The first-order valence-corrected chi connectivity index (χ1v) is 15.4. The summed E-state index contributed by atoms with van der Waals surface area (Å²) in [4.78, 5) is 83.1. The molecule has 2 rings (SSSR count). The van der Waals surface area contributed by atoms with Gasteiger partial charge >= 0.3 is 0 Å². The van der Waals surface area contributed by atoms with Crippen molar-refractivity contribution in [2.24, 2.45) is 5.73 Å². The molecule has 0 fully saturated rings. The molecule has 0 aliphatic carbocycles. The molecule has 0 aliphatic heterocycles. The van der Waals surface area contributed by atoms with Crippen LogP contribution in [0.1, 0.15) is 50.8 Å². The third-order valence-electron chi connectivity index (χ3n) is 7.25. The standard InChI is InChI=1S/C32H47N9O6/c1-20(2)37-18-29(44)39-25(12-13-28(43)36-14-8-11-24(34-4)30(33)45)31(46)41-27(16-23-17-35-19-38-23)32(47)40-26(21(3)42)15-22-9-6-5-7-10-22/h5-7,9-10,17,19,24-27,34,37H,1,8,11-16,18H2,2-4H3,(H2,33,45)(H,35,38)(H,36,43)(H,39,44)(H,40,47)(H,41,46)/t24?,25?,26?,27-/m0/s1. The van der Waals surface area contributed by atoms with Gasteiger partial charge in [0.15, 0.2) is 5.78 Å². The minimum Gasteiger partial charge on any atom is -0.380 e. The highest BCUT2D eigenvalue weighted by Gasteiger charge is 2.30. The van der Waals surface area contributed by atoms with Crippen LogP contribution in [0, 0.1) is 0 Å². The Hall–Kier alpha value is -5.05. The number of nitrogens with two attached hydrogens (primary N) is 1. The summed E-state index contributed by atoms with van der Waals surface area (Å²) in [7, 11) is 1.62. The number of Topliss-reactive ketones (excluding diaryl/α,β-unsaturated/α-hetero) is 1. The highest BCUT2D eigenvalue weighted by molar-refractivity contribution is 5.95. The molecule has 0 aliphatic rings. The predicted molar refractivity (Wildman–Crippen MR) is 175 cm³/mol. The fourth-order valence-electron chi connectivity index (χ4n) is 4.59. The van der Waals surface area contributed by atoms with E-state index in [1.807, 2.05) is 30.3 Å². The summed E-state index contributed by atoms with van der Waals surface area (Å²) >= 11 is 0. The molecule has 0 spiro atoms. The van der Waals surface area contributed by atoms with E-state index in [2.05, 4.69) is 48.4 Å². The Morgan fingerprint density at radius 1 is 0.851 bits per heavy atom. The average Bonchev–Trinajstić information content (AvgIpc) is 3.54. The van der Waals surface area contributed by atoms with Crippen molar-refractivity contribution in [2.75, 3.05) is 20.1 Å². The molecule has 15 nitrogen and oxygen atoms in total. The molecular formula is C32H47N9O6. The molecular weight excluding hydrogens is 606 g/mol. The fraction of sp³-hybridized carbons (Fsp3) is 0.469. The van der Waals surface area contributed by atoms with E-state index in [1.54, 1.807) is 14.0 Å². The first-order chi connectivity index (χ1) is 22.4. The maximum Gasteiger partial charge on any atom is 0.243 e. The minimum atomic E-state index is -1.17. The molecule has 2 aromatic rings. The van der Waals surface area contributed by atoms with Crippen LogP contribution >= 0.6 is 0 Å². The SMILES string of the molecule is C=C(C)NCC(=O)NC(CCC(=O)NCCCC(NC)C(N)=O)C(=O)N[C@@H](Cc1cnc[nH]1)C(=O)NC(Cc1ccccc1)C(C)=O. The van der Waals surface area contributed by atoms with E-state index < -0.39 is 47.8 Å². The molecule has 3 unspecified atom stereocenters. The molecule has 47 heavy (non-hydrogen) atoms. The van der Waals surface area contributed by atoms with Crippen LogP contribution in [-0.4, -0.2) is 89.6 Å². The summed E-state index contributed by atoms with van der Waals surface area (Å²) in [5.74, 6) is -2.93. The number of aromatic amines is 1. The van der Waals surface area contributed by atoms with Gasteiger partial charge < -0.3 is 42.6 Å². The Bertz CT molecular complexity index is 1350. The van der Waals surface area contributed by atoms with Crippen molar-refractivity contribution in [3.63, 3.8) is 0 Å². The van der Waals surface area contributed by atoms with Crippen molar-refractivity contribution in [3.8, 4) is 0 Å². The Morgan fingerprint density at radius 2 is 1.53 bits per heavy atom. The van der Waals surface area contributed by atoms with E-state index in [4.69, 9.17) is 5.73 Å². The smallest absolute Gasteiger partial charge is 0.243 e. The van der Waals surface area contributed by atoms with Crippen LogP contribution in [0.25, 0.3) is 0 Å². The summed E-state index contributed by atoms with van der Waals surface area (Å²) in [6.07, 6.45) is 3.95. The zero-order valence-electron chi connectivity index (χ0n) is 27.2. The minimum absolute atomic E-state index is 0.0187. The molecule has 0 bridgehead atoms. The van der Waals surface area contributed by atoms with Crippen LogP contribution in [-0.2, 0) is 41.6 Å². The third-order valence-corrected chi connectivity index (χ3v) is 7.25. The van der Waals surface area contributed by atoms with Gasteiger partial charge in [0.2, 0.25) is 29.5 Å². The van der Waals surface area contributed by atoms with E-state index in [0.29, 0.717) is 24.2 Å². The number of amides is 5. The van der Waals surface area contributed by atoms with Crippen molar-refractivity contribution in [3.05, 3.63) is 66.4 Å². The topological polar surface area (TPSA) is 229 Å². The first-order valence-electron chi connectivity index (χ1n) is 15.4. The van der Waals surface area contributed by atoms with Gasteiger partial charge in [0, 0.05) is 37.0 Å². The number of allylic oxidation sites excluding steroid dienone is 1. The third kappa shape index (κ3) is 14.7. The lowest BCUT2D eigenvalue weighted by molar-refractivity contribution is -0.133. The molecule has 9 N–H and O–H groups in total. The number of benzene rings is 1. The number of rotatable bonds is 22. The van der Waals surface area contributed by atoms with Gasteiger partial charge in [-0.15, -0.1) is 0 Å². The first kappa shape index (κ1) is 38.1. The number of hydrogen-bond acceptors (Lipinski definition) is 9. The molecule has 15 heteroatoms. The lowest BCUT2D eigenvalue weighted by Crippen LogP contribution is -2.57. The summed E-state index contributed by atoms with van der Waals surface area (Å²) in [5, 5.41) is 16.4. The maximum absolute atomic E-state index is 13.6. The quantitative estimate of drug-likeness (QED) is 0.0736. The number of nitrogens with one attached hydrogen (secondary N) is 7. The predicted octanol–water partition coefficient (Wildman–Crippen LogP) is -0.889. The van der Waals surface area contributed by atoms with E-state index >= 15 is 0 Å². The van der Waals surface area contributed by atoms with Crippen molar-refractivity contribution in [1.82, 2.24) is 41.9 Å². The summed E-state index contributed by atoms with van der Waals surface area (Å²) in [6.45, 7) is 6.87. The monoisotopic (exact) mass is 653 g/mol. The fourth-order valence-corrected chi connectivity index (χ4v) is 4.59. The zero-order valence-corrected chi connectivity index (χ0v) is 27.2. The summed E-state index contributed by atoms with van der Waals surface area (Å²) < 4.78 is 0. The van der Waals surface area contributed by atoms with Gasteiger partial charge in [-0.2, -0.15) is 0 Å². The lowest BCUT2D eigenvalue weighted by atomic mass is 10.0. The Morgan fingerprint density at radius 3 is 2.13 bits per heavy atom.